The van der Waals surface area contributed by atoms with Crippen molar-refractivity contribution in [2.75, 3.05) is 24.5 Å². The SMILES string of the molecule is O=Cc1cc(F)cc(N2CCCNC(=O)C2)c1. The summed E-state index contributed by atoms with van der Waals surface area (Å²) in [6.07, 6.45) is 1.41. The molecule has 0 saturated carbocycles. The summed E-state index contributed by atoms with van der Waals surface area (Å²) in [4.78, 5) is 23.8. The number of carbonyl (C=O) groups excluding carboxylic acids is 2. The number of nitrogens with one attached hydrogen (secondary N) is 1. The third-order valence-corrected chi connectivity index (χ3v) is 2.67. The number of amides is 1. The zero-order valence-electron chi connectivity index (χ0n) is 9.28. The van der Waals surface area contributed by atoms with Crippen molar-refractivity contribution in [2.24, 2.45) is 0 Å². The van der Waals surface area contributed by atoms with Gasteiger partial charge in [0.25, 0.3) is 0 Å². The highest BCUT2D eigenvalue weighted by Gasteiger charge is 2.16. The number of anilines is 1. The molecule has 0 aromatic heterocycles. The van der Waals surface area contributed by atoms with E-state index in [4.69, 9.17) is 0 Å². The predicted octanol–water partition coefficient (Wildman–Crippen LogP) is 0.965. The molecule has 1 aromatic carbocycles. The molecule has 5 heteroatoms. The fourth-order valence-electron chi connectivity index (χ4n) is 1.87. The van der Waals surface area contributed by atoms with Gasteiger partial charge in [-0.05, 0) is 24.6 Å². The molecule has 2 rings (SSSR count). The highest BCUT2D eigenvalue weighted by atomic mass is 19.1. The molecule has 90 valence electrons. The van der Waals surface area contributed by atoms with E-state index in [0.717, 1.165) is 6.42 Å². The molecule has 1 amide bonds. The van der Waals surface area contributed by atoms with Gasteiger partial charge in [0.1, 0.15) is 12.1 Å². The van der Waals surface area contributed by atoms with Crippen LogP contribution in [0.3, 0.4) is 0 Å². The molecule has 1 saturated heterocycles. The summed E-state index contributed by atoms with van der Waals surface area (Å²) >= 11 is 0. The Balaban J connectivity index is 2.28. The first kappa shape index (κ1) is 11.6. The maximum absolute atomic E-state index is 13.3. The van der Waals surface area contributed by atoms with Crippen LogP contribution in [0.15, 0.2) is 18.2 Å². The van der Waals surface area contributed by atoms with Gasteiger partial charge in [0.2, 0.25) is 5.91 Å². The zero-order valence-corrected chi connectivity index (χ0v) is 9.28. The van der Waals surface area contributed by atoms with Gasteiger partial charge < -0.3 is 10.2 Å². The van der Waals surface area contributed by atoms with Crippen LogP contribution in [0.5, 0.6) is 0 Å². The molecule has 1 heterocycles. The third kappa shape index (κ3) is 2.81. The number of aldehydes is 1. The summed E-state index contributed by atoms with van der Waals surface area (Å²) in [6, 6.07) is 4.11. The van der Waals surface area contributed by atoms with E-state index in [2.05, 4.69) is 5.32 Å². The molecule has 17 heavy (non-hydrogen) atoms. The summed E-state index contributed by atoms with van der Waals surface area (Å²) < 4.78 is 13.3. The van der Waals surface area contributed by atoms with Crippen LogP contribution in [0.1, 0.15) is 16.8 Å². The number of nitrogens with zero attached hydrogens (tertiary/aromatic N) is 1. The molecule has 0 atom stereocenters. The number of hydrogen-bond donors (Lipinski definition) is 1. The fourth-order valence-corrected chi connectivity index (χ4v) is 1.87. The minimum Gasteiger partial charge on any atom is -0.362 e. The molecule has 0 radical (unpaired) electrons. The van der Waals surface area contributed by atoms with Crippen molar-refractivity contribution in [3.63, 3.8) is 0 Å². The second-order valence-corrected chi connectivity index (χ2v) is 3.99. The van der Waals surface area contributed by atoms with Gasteiger partial charge in [0.05, 0.1) is 6.54 Å². The van der Waals surface area contributed by atoms with Gasteiger partial charge in [-0.1, -0.05) is 0 Å². The summed E-state index contributed by atoms with van der Waals surface area (Å²) in [5.74, 6) is -0.548. The second-order valence-electron chi connectivity index (χ2n) is 3.99. The Morgan fingerprint density at radius 1 is 1.35 bits per heavy atom. The van der Waals surface area contributed by atoms with Crippen LogP contribution in [0.2, 0.25) is 0 Å². The summed E-state index contributed by atoms with van der Waals surface area (Å²) in [6.45, 7) is 1.49. The summed E-state index contributed by atoms with van der Waals surface area (Å²) in [5, 5.41) is 2.74. The Bertz CT molecular complexity index is 448. The molecular weight excluding hydrogens is 223 g/mol. The van der Waals surface area contributed by atoms with Crippen LogP contribution >= 0.6 is 0 Å². The van der Waals surface area contributed by atoms with Crippen molar-refractivity contribution >= 4 is 17.9 Å². The van der Waals surface area contributed by atoms with Gasteiger partial charge >= 0.3 is 0 Å². The number of hydrogen-bond acceptors (Lipinski definition) is 3. The zero-order chi connectivity index (χ0) is 12.3. The van der Waals surface area contributed by atoms with Crippen molar-refractivity contribution in [3.8, 4) is 0 Å². The lowest BCUT2D eigenvalue weighted by molar-refractivity contribution is -0.119. The quantitative estimate of drug-likeness (QED) is 0.778. The summed E-state index contributed by atoms with van der Waals surface area (Å²) in [5.41, 5.74) is 0.855. The molecule has 1 aliphatic heterocycles. The van der Waals surface area contributed by atoms with E-state index in [-0.39, 0.29) is 18.0 Å². The average Bonchev–Trinajstić information content (AvgIpc) is 2.53. The monoisotopic (exact) mass is 236 g/mol. The van der Waals surface area contributed by atoms with Crippen LogP contribution in [0, 0.1) is 5.82 Å². The molecule has 0 unspecified atom stereocenters. The average molecular weight is 236 g/mol. The van der Waals surface area contributed by atoms with E-state index in [1.807, 2.05) is 0 Å². The van der Waals surface area contributed by atoms with Crippen LogP contribution < -0.4 is 10.2 Å². The van der Waals surface area contributed by atoms with Crippen molar-refractivity contribution in [3.05, 3.63) is 29.6 Å². The molecule has 4 nitrogen and oxygen atoms in total. The maximum atomic E-state index is 13.3. The van der Waals surface area contributed by atoms with Gasteiger partial charge in [-0.25, -0.2) is 4.39 Å². The van der Waals surface area contributed by atoms with Gasteiger partial charge in [0, 0.05) is 24.3 Å². The Kier molecular flexibility index (Phi) is 3.37. The molecular formula is C12H13FN2O2. The lowest BCUT2D eigenvalue weighted by atomic mass is 10.2. The van der Waals surface area contributed by atoms with Crippen LogP contribution in [-0.4, -0.2) is 31.8 Å². The molecule has 0 bridgehead atoms. The van der Waals surface area contributed by atoms with Gasteiger partial charge in [-0.15, -0.1) is 0 Å². The standard InChI is InChI=1S/C12H13FN2O2/c13-10-4-9(8-16)5-11(6-10)15-3-1-2-14-12(17)7-15/h4-6,8H,1-3,7H2,(H,14,17). The first-order valence-electron chi connectivity index (χ1n) is 5.46. The lowest BCUT2D eigenvalue weighted by Gasteiger charge is -2.21. The van der Waals surface area contributed by atoms with E-state index >= 15 is 0 Å². The molecule has 1 aromatic rings. The highest BCUT2D eigenvalue weighted by Crippen LogP contribution is 2.18. The highest BCUT2D eigenvalue weighted by molar-refractivity contribution is 5.83. The van der Waals surface area contributed by atoms with Crippen molar-refractivity contribution in [1.29, 1.82) is 0 Å². The maximum Gasteiger partial charge on any atom is 0.239 e. The Labute approximate surface area is 98.4 Å². The van der Waals surface area contributed by atoms with Crippen molar-refractivity contribution in [1.82, 2.24) is 5.32 Å². The Morgan fingerprint density at radius 2 is 2.18 bits per heavy atom. The minimum absolute atomic E-state index is 0.0839. The van der Waals surface area contributed by atoms with Crippen LogP contribution in [0.4, 0.5) is 10.1 Å². The number of halogens is 1. The Hall–Kier alpha value is -1.91. The lowest BCUT2D eigenvalue weighted by Crippen LogP contribution is -2.33. The number of carbonyl (C=O) groups is 2. The van der Waals surface area contributed by atoms with Crippen molar-refractivity contribution in [2.45, 2.75) is 6.42 Å². The topological polar surface area (TPSA) is 49.4 Å². The van der Waals surface area contributed by atoms with E-state index in [1.54, 1.807) is 11.0 Å². The second kappa shape index (κ2) is 4.95. The first-order chi connectivity index (χ1) is 8.19. The number of benzene rings is 1. The molecule has 1 fully saturated rings. The van der Waals surface area contributed by atoms with Crippen LogP contribution in [0.25, 0.3) is 0 Å². The predicted molar refractivity (Wildman–Crippen MR) is 61.6 cm³/mol. The molecule has 0 spiro atoms. The normalized spacial score (nSPS) is 16.3. The van der Waals surface area contributed by atoms with Gasteiger partial charge in [-0.3, -0.25) is 9.59 Å². The Morgan fingerprint density at radius 3 is 2.94 bits per heavy atom. The smallest absolute Gasteiger partial charge is 0.239 e. The van der Waals surface area contributed by atoms with E-state index in [9.17, 15) is 14.0 Å². The van der Waals surface area contributed by atoms with Crippen molar-refractivity contribution < 1.29 is 14.0 Å². The van der Waals surface area contributed by atoms with Gasteiger partial charge in [-0.2, -0.15) is 0 Å². The minimum atomic E-state index is -0.464. The molecule has 0 aliphatic carbocycles. The largest absolute Gasteiger partial charge is 0.362 e. The summed E-state index contributed by atoms with van der Waals surface area (Å²) in [7, 11) is 0. The van der Waals surface area contributed by atoms with E-state index in [1.165, 1.54) is 12.1 Å². The molecule has 1 N–H and O–H groups in total. The van der Waals surface area contributed by atoms with E-state index in [0.29, 0.717) is 25.1 Å². The first-order valence-corrected chi connectivity index (χ1v) is 5.46. The van der Waals surface area contributed by atoms with Gasteiger partial charge in [0.15, 0.2) is 0 Å². The number of rotatable bonds is 2. The van der Waals surface area contributed by atoms with Crippen LogP contribution in [-0.2, 0) is 4.79 Å². The fraction of sp³-hybridized carbons (Fsp3) is 0.333. The third-order valence-electron chi connectivity index (χ3n) is 2.67. The van der Waals surface area contributed by atoms with E-state index < -0.39 is 5.82 Å². The molecule has 1 aliphatic rings.